The molecule has 0 radical (unpaired) electrons. The third-order valence-electron chi connectivity index (χ3n) is 4.73. The quantitative estimate of drug-likeness (QED) is 0.602. The molecular weight excluding hydrogens is 338 g/mol. The third-order valence-corrected chi connectivity index (χ3v) is 4.73. The fourth-order valence-corrected chi connectivity index (χ4v) is 3.24. The van der Waals surface area contributed by atoms with Crippen LogP contribution in [0.25, 0.3) is 10.9 Å². The van der Waals surface area contributed by atoms with Gasteiger partial charge in [-0.2, -0.15) is 0 Å². The molecule has 0 unspecified atom stereocenters. The Labute approximate surface area is 159 Å². The van der Waals surface area contributed by atoms with Crippen molar-refractivity contribution in [2.24, 2.45) is 0 Å². The number of H-pyrrole nitrogens is 1. The molecule has 0 aliphatic carbocycles. The molecule has 0 saturated carbocycles. The maximum absolute atomic E-state index is 12.3. The van der Waals surface area contributed by atoms with Crippen molar-refractivity contribution in [1.82, 2.24) is 10.3 Å². The minimum Gasteiger partial charge on any atom is -0.361 e. The van der Waals surface area contributed by atoms with Gasteiger partial charge >= 0.3 is 11.8 Å². The molecular formula is C22H25N3O2. The monoisotopic (exact) mass is 363 g/mol. The number of amides is 2. The van der Waals surface area contributed by atoms with Gasteiger partial charge in [0, 0.05) is 29.3 Å². The van der Waals surface area contributed by atoms with Crippen LogP contribution in [0.4, 0.5) is 5.69 Å². The summed E-state index contributed by atoms with van der Waals surface area (Å²) in [6.07, 6.45) is 2.60. The predicted octanol–water partition coefficient (Wildman–Crippen LogP) is 3.90. The number of nitrogens with one attached hydrogen (secondary N) is 3. The zero-order valence-electron chi connectivity index (χ0n) is 15.9. The van der Waals surface area contributed by atoms with Crippen LogP contribution < -0.4 is 10.6 Å². The Kier molecular flexibility index (Phi) is 5.60. The van der Waals surface area contributed by atoms with Crippen molar-refractivity contribution in [3.8, 4) is 0 Å². The largest absolute Gasteiger partial charge is 0.361 e. The van der Waals surface area contributed by atoms with Crippen LogP contribution in [0.3, 0.4) is 0 Å². The standard InChI is InChI=1S/C22H25N3O2/c1-14(2)17-9-6-7-15(3)20(17)25-22(27)21(26)23-12-11-16-13-24-19-10-5-4-8-18(16)19/h4-10,13-14,24H,11-12H2,1-3H3,(H,23,26)(H,25,27). The first kappa shape index (κ1) is 18.7. The number of anilines is 1. The highest BCUT2D eigenvalue weighted by molar-refractivity contribution is 6.39. The third kappa shape index (κ3) is 4.19. The molecule has 2 amide bonds. The maximum Gasteiger partial charge on any atom is 0.313 e. The van der Waals surface area contributed by atoms with Crippen LogP contribution in [-0.2, 0) is 16.0 Å². The van der Waals surface area contributed by atoms with E-state index in [0.717, 1.165) is 33.3 Å². The van der Waals surface area contributed by atoms with Crippen LogP contribution in [0, 0.1) is 6.92 Å². The summed E-state index contributed by atoms with van der Waals surface area (Å²) in [6.45, 7) is 6.45. The van der Waals surface area contributed by atoms with E-state index in [1.165, 1.54) is 0 Å². The number of carbonyl (C=O) groups is 2. The van der Waals surface area contributed by atoms with E-state index in [1.54, 1.807) is 0 Å². The van der Waals surface area contributed by atoms with E-state index in [9.17, 15) is 9.59 Å². The topological polar surface area (TPSA) is 74.0 Å². The lowest BCUT2D eigenvalue weighted by Gasteiger charge is -2.16. The van der Waals surface area contributed by atoms with Crippen LogP contribution >= 0.6 is 0 Å². The molecule has 0 spiro atoms. The minimum atomic E-state index is -0.634. The molecule has 1 aromatic heterocycles. The Morgan fingerprint density at radius 3 is 2.59 bits per heavy atom. The fourth-order valence-electron chi connectivity index (χ4n) is 3.24. The first-order valence-electron chi connectivity index (χ1n) is 9.21. The Morgan fingerprint density at radius 2 is 1.81 bits per heavy atom. The van der Waals surface area contributed by atoms with Crippen LogP contribution in [0.1, 0.15) is 36.5 Å². The minimum absolute atomic E-state index is 0.255. The molecule has 27 heavy (non-hydrogen) atoms. The average Bonchev–Trinajstić information content (AvgIpc) is 3.06. The summed E-state index contributed by atoms with van der Waals surface area (Å²) < 4.78 is 0. The van der Waals surface area contributed by atoms with Crippen molar-refractivity contribution in [2.75, 3.05) is 11.9 Å². The number of rotatable bonds is 5. The molecule has 0 atom stereocenters. The number of aromatic amines is 1. The summed E-state index contributed by atoms with van der Waals surface area (Å²) in [5.74, 6) is -0.997. The zero-order valence-corrected chi connectivity index (χ0v) is 15.9. The van der Waals surface area contributed by atoms with Gasteiger partial charge in [0.25, 0.3) is 0 Å². The molecule has 0 bridgehead atoms. The lowest BCUT2D eigenvalue weighted by Crippen LogP contribution is -2.36. The van der Waals surface area contributed by atoms with Crippen molar-refractivity contribution < 1.29 is 9.59 Å². The number of hydrogen-bond donors (Lipinski definition) is 3. The predicted molar refractivity (Wildman–Crippen MR) is 109 cm³/mol. The van der Waals surface area contributed by atoms with Crippen LogP contribution in [0.5, 0.6) is 0 Å². The van der Waals surface area contributed by atoms with E-state index in [1.807, 2.05) is 55.6 Å². The second-order valence-electron chi connectivity index (χ2n) is 7.01. The number of aromatic nitrogens is 1. The van der Waals surface area contributed by atoms with Gasteiger partial charge in [-0.1, -0.05) is 50.2 Å². The van der Waals surface area contributed by atoms with Gasteiger partial charge in [-0.15, -0.1) is 0 Å². The first-order valence-corrected chi connectivity index (χ1v) is 9.21. The van der Waals surface area contributed by atoms with E-state index < -0.39 is 11.8 Å². The highest BCUT2D eigenvalue weighted by Crippen LogP contribution is 2.27. The van der Waals surface area contributed by atoms with E-state index in [4.69, 9.17) is 0 Å². The van der Waals surface area contributed by atoms with Gasteiger partial charge in [0.05, 0.1) is 0 Å². The number of hydrogen-bond acceptors (Lipinski definition) is 2. The zero-order chi connectivity index (χ0) is 19.4. The summed E-state index contributed by atoms with van der Waals surface area (Å²) in [6, 6.07) is 13.9. The Morgan fingerprint density at radius 1 is 1.04 bits per heavy atom. The Hall–Kier alpha value is -3.08. The Balaban J connectivity index is 1.60. The second kappa shape index (κ2) is 8.08. The lowest BCUT2D eigenvalue weighted by molar-refractivity contribution is -0.136. The van der Waals surface area contributed by atoms with Gasteiger partial charge in [-0.3, -0.25) is 9.59 Å². The van der Waals surface area contributed by atoms with Gasteiger partial charge < -0.3 is 15.6 Å². The number of benzene rings is 2. The van der Waals surface area contributed by atoms with Gasteiger partial charge in [0.15, 0.2) is 0 Å². The lowest BCUT2D eigenvalue weighted by atomic mass is 9.98. The molecule has 0 fully saturated rings. The molecule has 5 heteroatoms. The van der Waals surface area contributed by atoms with E-state index in [0.29, 0.717) is 13.0 Å². The fraction of sp³-hybridized carbons (Fsp3) is 0.273. The van der Waals surface area contributed by atoms with Crippen molar-refractivity contribution >= 4 is 28.4 Å². The summed E-state index contributed by atoms with van der Waals surface area (Å²) >= 11 is 0. The maximum atomic E-state index is 12.3. The van der Waals surface area contributed by atoms with Crippen molar-refractivity contribution in [1.29, 1.82) is 0 Å². The van der Waals surface area contributed by atoms with Crippen LogP contribution in [-0.4, -0.2) is 23.3 Å². The Bertz CT molecular complexity index is 973. The second-order valence-corrected chi connectivity index (χ2v) is 7.01. The number of carbonyl (C=O) groups excluding carboxylic acids is 2. The number of para-hydroxylation sites is 2. The van der Waals surface area contributed by atoms with Crippen LogP contribution in [0.2, 0.25) is 0 Å². The summed E-state index contributed by atoms with van der Waals surface area (Å²) in [5.41, 5.74) is 4.88. The van der Waals surface area contributed by atoms with Gasteiger partial charge in [0.2, 0.25) is 0 Å². The van der Waals surface area contributed by atoms with E-state index >= 15 is 0 Å². The summed E-state index contributed by atoms with van der Waals surface area (Å²) in [7, 11) is 0. The normalized spacial score (nSPS) is 11.0. The summed E-state index contributed by atoms with van der Waals surface area (Å²) in [4.78, 5) is 27.7. The summed E-state index contributed by atoms with van der Waals surface area (Å²) in [5, 5.41) is 6.62. The molecule has 1 heterocycles. The smallest absolute Gasteiger partial charge is 0.313 e. The average molecular weight is 363 g/mol. The van der Waals surface area contributed by atoms with E-state index in [-0.39, 0.29) is 5.92 Å². The van der Waals surface area contributed by atoms with Gasteiger partial charge in [-0.05, 0) is 42.0 Å². The van der Waals surface area contributed by atoms with Crippen molar-refractivity contribution in [3.63, 3.8) is 0 Å². The molecule has 0 aliphatic heterocycles. The number of fused-ring (bicyclic) bond motifs is 1. The molecule has 3 rings (SSSR count). The number of aryl methyl sites for hydroxylation is 1. The van der Waals surface area contributed by atoms with Gasteiger partial charge in [0.1, 0.15) is 0 Å². The molecule has 3 N–H and O–H groups in total. The molecule has 0 aliphatic rings. The van der Waals surface area contributed by atoms with Crippen LogP contribution in [0.15, 0.2) is 48.7 Å². The SMILES string of the molecule is Cc1cccc(C(C)C)c1NC(=O)C(=O)NCCc1c[nH]c2ccccc12. The molecule has 5 nitrogen and oxygen atoms in total. The van der Waals surface area contributed by atoms with Crippen molar-refractivity contribution in [3.05, 3.63) is 65.4 Å². The highest BCUT2D eigenvalue weighted by Gasteiger charge is 2.17. The molecule has 0 saturated heterocycles. The highest BCUT2D eigenvalue weighted by atomic mass is 16.2. The molecule has 140 valence electrons. The van der Waals surface area contributed by atoms with Crippen molar-refractivity contribution in [2.45, 2.75) is 33.1 Å². The van der Waals surface area contributed by atoms with Gasteiger partial charge in [-0.25, -0.2) is 0 Å². The van der Waals surface area contributed by atoms with E-state index in [2.05, 4.69) is 29.5 Å². The molecule has 2 aromatic carbocycles. The molecule has 3 aromatic rings. The first-order chi connectivity index (χ1) is 13.0.